The Labute approximate surface area is 527 Å². The molecule has 92 heavy (non-hydrogen) atoms. The fraction of sp³-hybridized carbons (Fsp3) is 0.382. The number of nitrogens with one attached hydrogen (secondary N) is 3. The summed E-state index contributed by atoms with van der Waals surface area (Å²) < 4.78 is 50.6. The van der Waals surface area contributed by atoms with Crippen LogP contribution in [0, 0.1) is 75.2 Å². The minimum absolute atomic E-state index is 0.304. The number of hydrogen-bond donors (Lipinski definition) is 3. The molecule has 0 radical (unpaired) electrons. The Bertz CT molecular complexity index is 4900. The maximum atomic E-state index is 15.1. The molecule has 468 valence electrons. The van der Waals surface area contributed by atoms with Crippen LogP contribution >= 0.6 is 0 Å². The highest BCUT2D eigenvalue weighted by atomic mass is 19.1. The van der Waals surface area contributed by atoms with Crippen LogP contribution in [0.4, 0.5) is 30.6 Å². The normalized spacial score (nSPS) is 18.0. The number of anilines is 3. The van der Waals surface area contributed by atoms with Crippen LogP contribution in [0.2, 0.25) is 0 Å². The van der Waals surface area contributed by atoms with Gasteiger partial charge in [-0.3, -0.25) is 0 Å². The number of piperidine rings is 2. The third kappa shape index (κ3) is 10.5. The molecule has 0 amide bonds. The summed E-state index contributed by atoms with van der Waals surface area (Å²) in [5.74, 6) is 1.33. The average Bonchev–Trinajstić information content (AvgIpc) is 0.795. The molecule has 0 unspecified atom stereocenters. The van der Waals surface area contributed by atoms with Crippen LogP contribution < -0.4 is 30.7 Å². The topological polar surface area (TPSA) is 214 Å². The van der Waals surface area contributed by atoms with E-state index >= 15 is 13.2 Å². The van der Waals surface area contributed by atoms with Crippen LogP contribution in [-0.2, 0) is 0 Å². The van der Waals surface area contributed by atoms with E-state index in [4.69, 9.17) is 0 Å². The second-order valence-electron chi connectivity index (χ2n) is 26.9. The van der Waals surface area contributed by atoms with Crippen LogP contribution in [-0.4, -0.2) is 153 Å². The predicted molar refractivity (Wildman–Crippen MR) is 348 cm³/mol. The average molecular weight is 1240 g/mol. The van der Waals surface area contributed by atoms with Crippen molar-refractivity contribution in [2.75, 3.05) is 93.2 Å². The number of rotatable bonds is 6. The summed E-state index contributed by atoms with van der Waals surface area (Å²) in [5, 5.41) is 51.9. The Kier molecular flexibility index (Phi) is 13.9. The fourth-order valence-corrected chi connectivity index (χ4v) is 14.6. The highest BCUT2D eigenvalue weighted by molar-refractivity contribution is 5.88. The quantitative estimate of drug-likeness (QED) is 0.141. The van der Waals surface area contributed by atoms with Crippen molar-refractivity contribution in [2.24, 2.45) is 16.2 Å². The van der Waals surface area contributed by atoms with E-state index in [0.29, 0.717) is 82.7 Å². The molecule has 3 aromatic carbocycles. The van der Waals surface area contributed by atoms with Gasteiger partial charge in [-0.2, -0.15) is 15.3 Å². The van der Waals surface area contributed by atoms with Gasteiger partial charge in [0.1, 0.15) is 17.5 Å². The van der Waals surface area contributed by atoms with Crippen molar-refractivity contribution in [3.63, 3.8) is 0 Å². The van der Waals surface area contributed by atoms with E-state index in [-0.39, 0.29) is 17.5 Å². The minimum atomic E-state index is -0.308. The smallest absolute Gasteiger partial charge is 0.156 e. The number of aryl methyl sites for hydroxylation is 6. The first kappa shape index (κ1) is 57.7. The summed E-state index contributed by atoms with van der Waals surface area (Å²) in [6.45, 7) is 23.9. The van der Waals surface area contributed by atoms with Gasteiger partial charge in [-0.25, -0.2) is 41.7 Å². The van der Waals surface area contributed by atoms with Gasteiger partial charge in [0.15, 0.2) is 34.4 Å². The molecule has 21 nitrogen and oxygen atoms in total. The molecule has 0 aliphatic carbocycles. The van der Waals surface area contributed by atoms with E-state index in [1.165, 1.54) is 37.5 Å². The van der Waals surface area contributed by atoms with Gasteiger partial charge in [-0.05, 0) is 182 Å². The lowest BCUT2D eigenvalue weighted by molar-refractivity contribution is 0.126. The van der Waals surface area contributed by atoms with Gasteiger partial charge in [0.25, 0.3) is 0 Å². The van der Waals surface area contributed by atoms with E-state index in [0.717, 1.165) is 160 Å². The molecule has 15 heterocycles. The van der Waals surface area contributed by atoms with Crippen molar-refractivity contribution < 1.29 is 13.2 Å². The van der Waals surface area contributed by atoms with E-state index in [2.05, 4.69) is 91.5 Å². The Morgan fingerprint density at radius 3 is 1.11 bits per heavy atom. The number of hydrogen-bond acceptors (Lipinski definition) is 18. The zero-order valence-corrected chi connectivity index (χ0v) is 52.4. The number of halogens is 3. The Morgan fingerprint density at radius 1 is 0.380 bits per heavy atom. The maximum Gasteiger partial charge on any atom is 0.156 e. The first-order valence-corrected chi connectivity index (χ1v) is 31.8. The molecule has 6 fully saturated rings. The molecule has 0 atom stereocenters. The van der Waals surface area contributed by atoms with Crippen LogP contribution in [0.25, 0.3) is 83.4 Å². The van der Waals surface area contributed by atoms with E-state index in [1.54, 1.807) is 13.5 Å². The maximum absolute atomic E-state index is 15.1. The van der Waals surface area contributed by atoms with Gasteiger partial charge in [-0.1, -0.05) is 0 Å². The second kappa shape index (κ2) is 22.2. The number of aromatic nitrogens is 15. The number of nitrogens with zero attached hydrogens (tertiary/aromatic N) is 18. The molecule has 3 N–H and O–H groups in total. The lowest BCUT2D eigenvalue weighted by atomic mass is 9.73. The van der Waals surface area contributed by atoms with Gasteiger partial charge < -0.3 is 30.7 Å². The van der Waals surface area contributed by atoms with Crippen molar-refractivity contribution >= 4 is 67.1 Å². The molecule has 6 aliphatic rings. The molecule has 12 aromatic rings. The van der Waals surface area contributed by atoms with Crippen LogP contribution in [0.3, 0.4) is 0 Å². The van der Waals surface area contributed by atoms with Crippen molar-refractivity contribution in [3.8, 4) is 33.8 Å². The van der Waals surface area contributed by atoms with Crippen molar-refractivity contribution in [1.82, 2.24) is 90.3 Å². The highest BCUT2D eigenvalue weighted by Crippen LogP contribution is 2.42. The lowest BCUT2D eigenvalue weighted by Gasteiger charge is -2.52. The molecule has 9 aromatic heterocycles. The summed E-state index contributed by atoms with van der Waals surface area (Å²) in [5.41, 5.74) is 14.9. The molecule has 6 saturated heterocycles. The summed E-state index contributed by atoms with van der Waals surface area (Å²) in [4.78, 5) is 20.1. The Morgan fingerprint density at radius 2 is 0.750 bits per heavy atom. The zero-order valence-electron chi connectivity index (χ0n) is 52.4. The van der Waals surface area contributed by atoms with Gasteiger partial charge in [-0.15, -0.1) is 30.6 Å². The molecular weight excluding hydrogens is 1170 g/mol. The lowest BCUT2D eigenvalue weighted by Crippen LogP contribution is -2.62. The van der Waals surface area contributed by atoms with Gasteiger partial charge in [0, 0.05) is 109 Å². The molecule has 18 rings (SSSR count). The monoisotopic (exact) mass is 1240 g/mol. The third-order valence-electron chi connectivity index (χ3n) is 19.8. The number of benzene rings is 3. The highest BCUT2D eigenvalue weighted by Gasteiger charge is 2.46. The Hall–Kier alpha value is -9.39. The van der Waals surface area contributed by atoms with Crippen molar-refractivity contribution in [2.45, 2.75) is 73.6 Å². The summed E-state index contributed by atoms with van der Waals surface area (Å²) in [6, 6.07) is 21.4. The molecule has 0 bridgehead atoms. The number of fused-ring (bicyclic) bond motifs is 6. The van der Waals surface area contributed by atoms with Crippen molar-refractivity contribution in [1.29, 1.82) is 0 Å². The van der Waals surface area contributed by atoms with Crippen LogP contribution in [0.15, 0.2) is 91.4 Å². The number of imidazole rings is 3. The van der Waals surface area contributed by atoms with Crippen molar-refractivity contribution in [3.05, 3.63) is 143 Å². The molecule has 24 heteroatoms. The van der Waals surface area contributed by atoms with E-state index < -0.39 is 0 Å². The Balaban J connectivity index is 0.000000110. The van der Waals surface area contributed by atoms with Gasteiger partial charge in [0.2, 0.25) is 0 Å². The summed E-state index contributed by atoms with van der Waals surface area (Å²) >= 11 is 0. The zero-order chi connectivity index (χ0) is 62.8. The molecule has 3 spiro atoms. The third-order valence-corrected chi connectivity index (χ3v) is 19.8. The second-order valence-corrected chi connectivity index (χ2v) is 26.9. The molecule has 0 saturated carbocycles. The SMILES string of the molecule is Cc1cn2nc(-c3cc(F)c4cc(N5CC6(CCCNC6)C5)nnc4c3)cc(C)c2n1.Cc1cn2nc(-c3cc(F)c4cc(N5CC6(CCNC6)C5)nnc4c3)cc(C)c2n1.Cc1cn2nc(-c3cc(F)c4cc(N5CCC6(CC5)CNC6)nnc4c3)cc(C)c2n1. The molecule has 6 aliphatic heterocycles. The first-order chi connectivity index (χ1) is 44.5. The van der Waals surface area contributed by atoms with E-state index in [1.807, 2.05) is 115 Å². The molecular formula is C68H70F3N21. The fourth-order valence-electron chi connectivity index (χ4n) is 14.6. The van der Waals surface area contributed by atoms with E-state index in [9.17, 15) is 0 Å². The summed E-state index contributed by atoms with van der Waals surface area (Å²) in [6.07, 6.45) is 11.5. The minimum Gasteiger partial charge on any atom is -0.355 e. The first-order valence-electron chi connectivity index (χ1n) is 31.8. The summed E-state index contributed by atoms with van der Waals surface area (Å²) in [7, 11) is 0. The predicted octanol–water partition coefficient (Wildman–Crippen LogP) is 9.47. The van der Waals surface area contributed by atoms with Gasteiger partial charge >= 0.3 is 0 Å². The standard InChI is InChI=1S/2C23H24FN7.C22H22FN7/c1-14-7-19(29-31-11-15(2)26-22(14)31)16-8-18(24)17-10-21(28-27-20(17)9-16)30-5-3-23(4-6-30)12-25-13-23;1-14-6-19(29-31-10-15(2)26-22(14)31)16-7-18(24)17-9-21(28-27-20(17)8-16)30-12-23(13-30)4-3-5-25-11-23;1-13-5-18(28-30-9-14(2)25-21(13)30)15-6-17(23)16-8-20(27-26-19(16)7-15)29-11-22(12-29)3-4-24-10-22/h7-11,25H,3-6,12-13H2,1-2H3;6-10,25H,3-5,11-13H2,1-2H3;5-9,24H,3-4,10-12H2,1-2H3. The van der Waals surface area contributed by atoms with Crippen LogP contribution in [0.1, 0.15) is 65.9 Å². The largest absolute Gasteiger partial charge is 0.355 e. The van der Waals surface area contributed by atoms with Crippen LogP contribution in [0.5, 0.6) is 0 Å². The van der Waals surface area contributed by atoms with Gasteiger partial charge in [0.05, 0.1) is 69.3 Å².